The Kier molecular flexibility index (Phi) is 4.84. The van der Waals surface area contributed by atoms with Crippen LogP contribution in [0.4, 0.5) is 0 Å². The third-order valence-corrected chi connectivity index (χ3v) is 3.09. The van der Waals surface area contributed by atoms with Crippen LogP contribution < -0.4 is 0 Å². The molecule has 1 fully saturated rings. The molecule has 0 atom stereocenters. The SMILES string of the molecule is C#CCCC(=O)C1(OCC)CCCCC1. The standard InChI is InChI=1S/C13H20O2/c1-3-5-9-12(14)13(15-4-2)10-7-6-8-11-13/h1H,4-11H2,2H3. The Bertz CT molecular complexity index is 238. The van der Waals surface area contributed by atoms with Crippen LogP contribution >= 0.6 is 0 Å². The van der Waals surface area contributed by atoms with E-state index in [0.29, 0.717) is 19.4 Å². The van der Waals surface area contributed by atoms with E-state index in [4.69, 9.17) is 11.2 Å². The van der Waals surface area contributed by atoms with Crippen molar-refractivity contribution in [3.05, 3.63) is 0 Å². The summed E-state index contributed by atoms with van der Waals surface area (Å²) in [7, 11) is 0. The lowest BCUT2D eigenvalue weighted by Gasteiger charge is -2.35. The first-order valence-corrected chi connectivity index (χ1v) is 5.86. The second-order valence-corrected chi connectivity index (χ2v) is 4.12. The van der Waals surface area contributed by atoms with Gasteiger partial charge in [0.15, 0.2) is 5.78 Å². The summed E-state index contributed by atoms with van der Waals surface area (Å²) < 4.78 is 5.71. The monoisotopic (exact) mass is 208 g/mol. The van der Waals surface area contributed by atoms with Gasteiger partial charge in [-0.05, 0) is 19.8 Å². The summed E-state index contributed by atoms with van der Waals surface area (Å²) in [5.41, 5.74) is -0.496. The molecule has 0 saturated heterocycles. The van der Waals surface area contributed by atoms with Gasteiger partial charge in [-0.2, -0.15) is 0 Å². The molecule has 84 valence electrons. The first kappa shape index (κ1) is 12.3. The molecular formula is C13H20O2. The second-order valence-electron chi connectivity index (χ2n) is 4.12. The average Bonchev–Trinajstić information content (AvgIpc) is 2.27. The van der Waals surface area contributed by atoms with Crippen molar-refractivity contribution < 1.29 is 9.53 Å². The molecule has 0 N–H and O–H groups in total. The van der Waals surface area contributed by atoms with Crippen molar-refractivity contribution in [2.24, 2.45) is 0 Å². The fourth-order valence-electron chi connectivity index (χ4n) is 2.32. The van der Waals surface area contributed by atoms with Gasteiger partial charge >= 0.3 is 0 Å². The van der Waals surface area contributed by atoms with Crippen LogP contribution in [0.1, 0.15) is 51.9 Å². The fourth-order valence-corrected chi connectivity index (χ4v) is 2.32. The van der Waals surface area contributed by atoms with Crippen LogP contribution in [0.5, 0.6) is 0 Å². The van der Waals surface area contributed by atoms with Crippen LogP contribution in [0.25, 0.3) is 0 Å². The summed E-state index contributed by atoms with van der Waals surface area (Å²) in [6.45, 7) is 2.56. The Morgan fingerprint density at radius 3 is 2.60 bits per heavy atom. The Morgan fingerprint density at radius 2 is 2.07 bits per heavy atom. The zero-order valence-electron chi connectivity index (χ0n) is 9.55. The minimum absolute atomic E-state index is 0.210. The molecule has 0 bridgehead atoms. The number of ether oxygens (including phenoxy) is 1. The first-order valence-electron chi connectivity index (χ1n) is 5.86. The van der Waals surface area contributed by atoms with E-state index in [9.17, 15) is 4.79 Å². The van der Waals surface area contributed by atoms with Crippen molar-refractivity contribution in [3.63, 3.8) is 0 Å². The summed E-state index contributed by atoms with van der Waals surface area (Å²) >= 11 is 0. The molecule has 2 nitrogen and oxygen atoms in total. The van der Waals surface area contributed by atoms with Gasteiger partial charge in [-0.1, -0.05) is 19.3 Å². The molecule has 1 aliphatic rings. The molecule has 0 aromatic rings. The number of Topliss-reactive ketones (excluding diaryl/α,β-unsaturated/α-hetero) is 1. The molecule has 15 heavy (non-hydrogen) atoms. The Morgan fingerprint density at radius 1 is 1.40 bits per heavy atom. The average molecular weight is 208 g/mol. The summed E-state index contributed by atoms with van der Waals surface area (Å²) in [6.07, 6.45) is 11.4. The Hall–Kier alpha value is -0.810. The maximum absolute atomic E-state index is 12.0. The maximum Gasteiger partial charge on any atom is 0.165 e. The highest BCUT2D eigenvalue weighted by Crippen LogP contribution is 2.33. The molecule has 0 heterocycles. The summed E-state index contributed by atoms with van der Waals surface area (Å²) in [6, 6.07) is 0. The van der Waals surface area contributed by atoms with E-state index in [1.54, 1.807) is 0 Å². The number of hydrogen-bond acceptors (Lipinski definition) is 2. The molecule has 1 saturated carbocycles. The Balaban J connectivity index is 2.62. The maximum atomic E-state index is 12.0. The molecular weight excluding hydrogens is 188 g/mol. The van der Waals surface area contributed by atoms with Crippen LogP contribution in [-0.4, -0.2) is 18.0 Å². The number of carbonyl (C=O) groups excluding carboxylic acids is 1. The molecule has 0 aromatic heterocycles. The Labute approximate surface area is 92.4 Å². The van der Waals surface area contributed by atoms with Gasteiger partial charge in [-0.25, -0.2) is 0 Å². The quantitative estimate of drug-likeness (QED) is 0.649. The van der Waals surface area contributed by atoms with E-state index in [2.05, 4.69) is 5.92 Å². The highest BCUT2D eigenvalue weighted by atomic mass is 16.5. The second kappa shape index (κ2) is 5.92. The van der Waals surface area contributed by atoms with Crippen molar-refractivity contribution in [3.8, 4) is 12.3 Å². The molecule has 0 aromatic carbocycles. The molecule has 2 heteroatoms. The third kappa shape index (κ3) is 3.07. The predicted molar refractivity (Wildman–Crippen MR) is 60.5 cm³/mol. The summed E-state index contributed by atoms with van der Waals surface area (Å²) in [4.78, 5) is 12.0. The summed E-state index contributed by atoms with van der Waals surface area (Å²) in [5.74, 6) is 2.73. The smallest absolute Gasteiger partial charge is 0.165 e. The van der Waals surface area contributed by atoms with Gasteiger partial charge in [0.2, 0.25) is 0 Å². The van der Waals surface area contributed by atoms with Crippen LogP contribution in [0, 0.1) is 12.3 Å². The lowest BCUT2D eigenvalue weighted by atomic mass is 9.80. The van der Waals surface area contributed by atoms with Gasteiger partial charge in [-0.15, -0.1) is 12.3 Å². The van der Waals surface area contributed by atoms with Crippen molar-refractivity contribution in [1.29, 1.82) is 0 Å². The van der Waals surface area contributed by atoms with Gasteiger partial charge in [0, 0.05) is 19.4 Å². The van der Waals surface area contributed by atoms with Gasteiger partial charge in [0.25, 0.3) is 0 Å². The number of hydrogen-bond donors (Lipinski definition) is 0. The van der Waals surface area contributed by atoms with Gasteiger partial charge in [0.1, 0.15) is 5.60 Å². The topological polar surface area (TPSA) is 26.3 Å². The van der Waals surface area contributed by atoms with Crippen molar-refractivity contribution >= 4 is 5.78 Å². The fraction of sp³-hybridized carbons (Fsp3) is 0.769. The minimum atomic E-state index is -0.496. The van der Waals surface area contributed by atoms with Crippen molar-refractivity contribution in [2.45, 2.75) is 57.5 Å². The normalized spacial score (nSPS) is 19.5. The molecule has 0 aliphatic heterocycles. The predicted octanol–water partition coefficient (Wildman–Crippen LogP) is 2.71. The van der Waals surface area contributed by atoms with Gasteiger partial charge in [-0.3, -0.25) is 4.79 Å². The zero-order valence-corrected chi connectivity index (χ0v) is 9.55. The number of terminal acetylenes is 1. The molecule has 0 spiro atoms. The van der Waals surface area contributed by atoms with Gasteiger partial charge < -0.3 is 4.74 Å². The van der Waals surface area contributed by atoms with E-state index >= 15 is 0 Å². The van der Waals surface area contributed by atoms with Crippen LogP contribution in [0.3, 0.4) is 0 Å². The largest absolute Gasteiger partial charge is 0.368 e. The molecule has 0 radical (unpaired) electrons. The molecule has 0 unspecified atom stereocenters. The van der Waals surface area contributed by atoms with E-state index in [-0.39, 0.29) is 5.78 Å². The number of ketones is 1. The van der Waals surface area contributed by atoms with E-state index in [0.717, 1.165) is 25.7 Å². The molecule has 1 rings (SSSR count). The number of rotatable bonds is 5. The lowest BCUT2D eigenvalue weighted by Crippen LogP contribution is -2.43. The minimum Gasteiger partial charge on any atom is -0.368 e. The van der Waals surface area contributed by atoms with Crippen LogP contribution in [0.2, 0.25) is 0 Å². The zero-order chi connectivity index (χ0) is 11.1. The highest BCUT2D eigenvalue weighted by Gasteiger charge is 2.39. The molecule has 1 aliphatic carbocycles. The van der Waals surface area contributed by atoms with E-state index < -0.39 is 5.60 Å². The first-order chi connectivity index (χ1) is 7.25. The number of carbonyl (C=O) groups is 1. The highest BCUT2D eigenvalue weighted by molar-refractivity contribution is 5.87. The van der Waals surface area contributed by atoms with Crippen molar-refractivity contribution in [1.82, 2.24) is 0 Å². The van der Waals surface area contributed by atoms with Gasteiger partial charge in [0.05, 0.1) is 0 Å². The van der Waals surface area contributed by atoms with E-state index in [1.165, 1.54) is 6.42 Å². The third-order valence-electron chi connectivity index (χ3n) is 3.09. The van der Waals surface area contributed by atoms with E-state index in [1.807, 2.05) is 6.92 Å². The molecule has 0 amide bonds. The lowest BCUT2D eigenvalue weighted by molar-refractivity contribution is -0.148. The van der Waals surface area contributed by atoms with Crippen LogP contribution in [-0.2, 0) is 9.53 Å². The van der Waals surface area contributed by atoms with Crippen LogP contribution in [0.15, 0.2) is 0 Å². The summed E-state index contributed by atoms with van der Waals surface area (Å²) in [5, 5.41) is 0. The van der Waals surface area contributed by atoms with Crippen molar-refractivity contribution in [2.75, 3.05) is 6.61 Å².